The van der Waals surface area contributed by atoms with Gasteiger partial charge in [-0.2, -0.15) is 0 Å². The Morgan fingerprint density at radius 2 is 1.45 bits per heavy atom. The van der Waals surface area contributed by atoms with Gasteiger partial charge in [-0.05, 0) is 94.1 Å². The number of anilines is 1. The lowest BCUT2D eigenvalue weighted by molar-refractivity contribution is -0.139. The molecule has 0 aliphatic heterocycles. The Hall–Kier alpha value is -3.36. The normalized spacial score (nSPS) is 12.9. The van der Waals surface area contributed by atoms with E-state index in [9.17, 15) is 18.0 Å². The zero-order valence-corrected chi connectivity index (χ0v) is 25.5. The number of hydrogen-bond donors (Lipinski definition) is 1. The van der Waals surface area contributed by atoms with Crippen molar-refractivity contribution in [2.45, 2.75) is 71.5 Å². The van der Waals surface area contributed by atoms with Crippen molar-refractivity contribution in [3.63, 3.8) is 0 Å². The summed E-state index contributed by atoms with van der Waals surface area (Å²) >= 11 is 6.06. The summed E-state index contributed by atoms with van der Waals surface area (Å²) in [6, 6.07) is 18.0. The summed E-state index contributed by atoms with van der Waals surface area (Å²) in [5.74, 6) is -0.812. The number of benzene rings is 3. The molecular weight excluding hydrogens is 546 g/mol. The number of aryl methyl sites for hydroxylation is 3. The van der Waals surface area contributed by atoms with Crippen LogP contribution in [0.15, 0.2) is 71.6 Å². The summed E-state index contributed by atoms with van der Waals surface area (Å²) in [5, 5.41) is 3.49. The van der Waals surface area contributed by atoms with Gasteiger partial charge in [-0.1, -0.05) is 54.4 Å². The van der Waals surface area contributed by atoms with Crippen LogP contribution in [-0.2, 0) is 26.2 Å². The van der Waals surface area contributed by atoms with Gasteiger partial charge in [0.25, 0.3) is 10.0 Å². The molecule has 0 saturated carbocycles. The predicted molar refractivity (Wildman–Crippen MR) is 161 cm³/mol. The van der Waals surface area contributed by atoms with Gasteiger partial charge in [-0.15, -0.1) is 0 Å². The smallest absolute Gasteiger partial charge is 0.264 e. The summed E-state index contributed by atoms with van der Waals surface area (Å²) in [6.07, 6.45) is 0.735. The molecule has 214 valence electrons. The largest absolute Gasteiger partial charge is 0.352 e. The third-order valence-corrected chi connectivity index (χ3v) is 8.86. The molecule has 0 fully saturated rings. The van der Waals surface area contributed by atoms with Crippen molar-refractivity contribution >= 4 is 39.1 Å². The van der Waals surface area contributed by atoms with Gasteiger partial charge in [0.1, 0.15) is 12.6 Å². The van der Waals surface area contributed by atoms with Crippen molar-refractivity contribution in [2.75, 3.05) is 10.8 Å². The van der Waals surface area contributed by atoms with Gasteiger partial charge in [0, 0.05) is 17.6 Å². The summed E-state index contributed by atoms with van der Waals surface area (Å²) in [4.78, 5) is 28.7. The minimum absolute atomic E-state index is 0.0730. The predicted octanol–water partition coefficient (Wildman–Crippen LogP) is 5.79. The van der Waals surface area contributed by atoms with E-state index in [0.29, 0.717) is 10.7 Å². The molecule has 0 aliphatic rings. The van der Waals surface area contributed by atoms with Gasteiger partial charge in [0.2, 0.25) is 11.8 Å². The number of nitrogens with zero attached hydrogens (tertiary/aromatic N) is 2. The first-order valence-corrected chi connectivity index (χ1v) is 15.2. The molecule has 9 heteroatoms. The topological polar surface area (TPSA) is 86.8 Å². The second-order valence-corrected chi connectivity index (χ2v) is 12.6. The van der Waals surface area contributed by atoms with Crippen LogP contribution in [0.3, 0.4) is 0 Å². The molecule has 40 heavy (non-hydrogen) atoms. The van der Waals surface area contributed by atoms with E-state index in [0.717, 1.165) is 33.0 Å². The average Bonchev–Trinajstić information content (AvgIpc) is 2.90. The third kappa shape index (κ3) is 7.86. The zero-order chi connectivity index (χ0) is 29.6. The quantitative estimate of drug-likeness (QED) is 0.309. The molecule has 0 saturated heterocycles. The zero-order valence-electron chi connectivity index (χ0n) is 23.9. The first-order valence-electron chi connectivity index (χ1n) is 13.3. The number of nitrogens with one attached hydrogen (secondary N) is 1. The molecule has 7 nitrogen and oxygen atoms in total. The van der Waals surface area contributed by atoms with Gasteiger partial charge in [-0.25, -0.2) is 8.42 Å². The van der Waals surface area contributed by atoms with Crippen molar-refractivity contribution in [3.05, 3.63) is 94.0 Å². The highest BCUT2D eigenvalue weighted by Gasteiger charge is 2.33. The van der Waals surface area contributed by atoms with E-state index in [1.165, 1.54) is 4.90 Å². The Balaban J connectivity index is 2.05. The highest BCUT2D eigenvalue weighted by Crippen LogP contribution is 2.27. The van der Waals surface area contributed by atoms with Crippen molar-refractivity contribution in [2.24, 2.45) is 0 Å². The highest BCUT2D eigenvalue weighted by atomic mass is 35.5. The Bertz CT molecular complexity index is 1420. The van der Waals surface area contributed by atoms with E-state index in [-0.39, 0.29) is 23.4 Å². The fourth-order valence-electron chi connectivity index (χ4n) is 4.30. The summed E-state index contributed by atoms with van der Waals surface area (Å²) in [5.41, 5.74) is 3.80. The maximum atomic E-state index is 14.0. The van der Waals surface area contributed by atoms with Crippen LogP contribution in [0, 0.1) is 20.8 Å². The first kappa shape index (κ1) is 31.2. The third-order valence-electron chi connectivity index (χ3n) is 6.82. The van der Waals surface area contributed by atoms with Crippen LogP contribution in [-0.4, -0.2) is 43.8 Å². The summed E-state index contributed by atoms with van der Waals surface area (Å²) in [6.45, 7) is 10.8. The van der Waals surface area contributed by atoms with Crippen LogP contribution in [0.4, 0.5) is 5.69 Å². The Kier molecular flexibility index (Phi) is 10.4. The number of sulfonamides is 1. The van der Waals surface area contributed by atoms with Gasteiger partial charge >= 0.3 is 0 Å². The van der Waals surface area contributed by atoms with Crippen LogP contribution < -0.4 is 9.62 Å². The van der Waals surface area contributed by atoms with Crippen molar-refractivity contribution in [1.29, 1.82) is 0 Å². The van der Waals surface area contributed by atoms with E-state index in [1.807, 2.05) is 40.7 Å². The minimum atomic E-state index is -4.11. The molecule has 0 heterocycles. The number of carbonyl (C=O) groups is 2. The molecule has 2 atom stereocenters. The molecular formula is C31H38ClN3O4S. The second kappa shape index (κ2) is 13.3. The molecule has 0 spiro atoms. The molecule has 0 aromatic heterocycles. The molecule has 0 bridgehead atoms. The van der Waals surface area contributed by atoms with Crippen LogP contribution in [0.1, 0.15) is 49.4 Å². The monoisotopic (exact) mass is 583 g/mol. The van der Waals surface area contributed by atoms with Crippen LogP contribution in [0.25, 0.3) is 0 Å². The molecule has 0 aliphatic carbocycles. The van der Waals surface area contributed by atoms with Gasteiger partial charge in [-0.3, -0.25) is 13.9 Å². The Morgan fingerprint density at radius 1 is 0.875 bits per heavy atom. The van der Waals surface area contributed by atoms with Gasteiger partial charge < -0.3 is 10.2 Å². The number of amides is 2. The Morgan fingerprint density at radius 3 is 2.00 bits per heavy atom. The average molecular weight is 584 g/mol. The van der Waals surface area contributed by atoms with Crippen LogP contribution in [0.2, 0.25) is 5.02 Å². The maximum Gasteiger partial charge on any atom is 0.264 e. The van der Waals surface area contributed by atoms with Gasteiger partial charge in [0.05, 0.1) is 10.6 Å². The van der Waals surface area contributed by atoms with Crippen molar-refractivity contribution in [1.82, 2.24) is 10.2 Å². The minimum Gasteiger partial charge on any atom is -0.352 e. The van der Waals surface area contributed by atoms with E-state index < -0.39 is 28.5 Å². The summed E-state index contributed by atoms with van der Waals surface area (Å²) < 4.78 is 29.1. The second-order valence-electron chi connectivity index (χ2n) is 10.3. The number of rotatable bonds is 11. The molecule has 0 radical (unpaired) electrons. The van der Waals surface area contributed by atoms with E-state index in [4.69, 9.17) is 11.6 Å². The van der Waals surface area contributed by atoms with E-state index in [1.54, 1.807) is 67.6 Å². The fourth-order valence-corrected chi connectivity index (χ4v) is 5.82. The Labute approximate surface area is 243 Å². The first-order chi connectivity index (χ1) is 18.8. The molecule has 3 rings (SSSR count). The van der Waals surface area contributed by atoms with Crippen molar-refractivity contribution < 1.29 is 18.0 Å². The number of halogens is 1. The lowest BCUT2D eigenvalue weighted by Gasteiger charge is -2.32. The van der Waals surface area contributed by atoms with Crippen molar-refractivity contribution in [3.8, 4) is 0 Å². The molecule has 1 N–H and O–H groups in total. The highest BCUT2D eigenvalue weighted by molar-refractivity contribution is 7.92. The summed E-state index contributed by atoms with van der Waals surface area (Å²) in [7, 11) is -4.11. The molecule has 3 aromatic rings. The standard InChI is InChI=1S/C31H38ClN3O4S/c1-7-24(5)33-31(37)25(6)34(19-26-10-12-27(32)13-11-26)30(36)20-35(28-17-22(3)16-23(4)18-28)40(38,39)29-14-8-21(2)9-15-29/h8-18,24-25H,7,19-20H2,1-6H3,(H,33,37)/t24-,25+/m0/s1. The van der Waals surface area contributed by atoms with Crippen LogP contribution >= 0.6 is 11.6 Å². The lowest BCUT2D eigenvalue weighted by Crippen LogP contribution is -2.52. The van der Waals surface area contributed by atoms with E-state index in [2.05, 4.69) is 5.32 Å². The number of carbonyl (C=O) groups excluding carboxylic acids is 2. The van der Waals surface area contributed by atoms with Crippen LogP contribution in [0.5, 0.6) is 0 Å². The van der Waals surface area contributed by atoms with Gasteiger partial charge in [0.15, 0.2) is 0 Å². The molecule has 3 aromatic carbocycles. The molecule has 0 unspecified atom stereocenters. The fraction of sp³-hybridized carbons (Fsp3) is 0.355. The lowest BCUT2D eigenvalue weighted by atomic mass is 10.1. The molecule has 2 amide bonds. The SMILES string of the molecule is CC[C@H](C)NC(=O)[C@@H](C)N(Cc1ccc(Cl)cc1)C(=O)CN(c1cc(C)cc(C)c1)S(=O)(=O)c1ccc(C)cc1. The number of hydrogen-bond acceptors (Lipinski definition) is 4. The van der Waals surface area contributed by atoms with E-state index >= 15 is 0 Å². The maximum absolute atomic E-state index is 14.0.